The van der Waals surface area contributed by atoms with Gasteiger partial charge < -0.3 is 10.1 Å². The molecule has 1 aliphatic heterocycles. The standard InChI is InChI=1S/C21H26N2O4S/c1-16-5-11-20(12-6-16)28(25,26)23(2)15-17-7-9-18(10-8-17)21(24)22-14-19-4-3-13-27-19/h5-12,19H,3-4,13-15H2,1-2H3,(H,22,24)/t19-/m1/s1. The van der Waals surface area contributed by atoms with Crippen molar-refractivity contribution in [3.63, 3.8) is 0 Å². The van der Waals surface area contributed by atoms with Gasteiger partial charge in [-0.1, -0.05) is 29.8 Å². The van der Waals surface area contributed by atoms with Crippen LogP contribution in [0.1, 0.15) is 34.3 Å². The van der Waals surface area contributed by atoms with Crippen LogP contribution in [0.25, 0.3) is 0 Å². The van der Waals surface area contributed by atoms with Crippen LogP contribution in [0, 0.1) is 6.92 Å². The Bertz CT molecular complexity index is 902. The van der Waals surface area contributed by atoms with Gasteiger partial charge in [0.1, 0.15) is 0 Å². The zero-order valence-corrected chi connectivity index (χ0v) is 17.0. The highest BCUT2D eigenvalue weighted by Gasteiger charge is 2.21. The van der Waals surface area contributed by atoms with Gasteiger partial charge in [0.25, 0.3) is 5.91 Å². The molecular formula is C21H26N2O4S. The van der Waals surface area contributed by atoms with Gasteiger partial charge in [0.2, 0.25) is 10.0 Å². The fourth-order valence-electron chi connectivity index (χ4n) is 3.11. The number of ether oxygens (including phenoxy) is 1. The highest BCUT2D eigenvalue weighted by molar-refractivity contribution is 7.89. The van der Waals surface area contributed by atoms with Crippen molar-refractivity contribution in [2.75, 3.05) is 20.2 Å². The van der Waals surface area contributed by atoms with Crippen molar-refractivity contribution < 1.29 is 17.9 Å². The third-order valence-corrected chi connectivity index (χ3v) is 6.68. The summed E-state index contributed by atoms with van der Waals surface area (Å²) in [5.41, 5.74) is 2.37. The van der Waals surface area contributed by atoms with Crippen molar-refractivity contribution in [2.45, 2.75) is 37.3 Å². The van der Waals surface area contributed by atoms with E-state index in [9.17, 15) is 13.2 Å². The van der Waals surface area contributed by atoms with Crippen molar-refractivity contribution >= 4 is 15.9 Å². The first-order valence-electron chi connectivity index (χ1n) is 9.38. The normalized spacial score (nSPS) is 17.0. The number of nitrogens with zero attached hydrogens (tertiary/aromatic N) is 1. The summed E-state index contributed by atoms with van der Waals surface area (Å²) in [5, 5.41) is 2.88. The zero-order valence-electron chi connectivity index (χ0n) is 16.2. The van der Waals surface area contributed by atoms with Gasteiger partial charge in [-0.15, -0.1) is 0 Å². The van der Waals surface area contributed by atoms with Crippen LogP contribution in [0.5, 0.6) is 0 Å². The van der Waals surface area contributed by atoms with Crippen LogP contribution >= 0.6 is 0 Å². The summed E-state index contributed by atoms with van der Waals surface area (Å²) < 4.78 is 32.2. The van der Waals surface area contributed by atoms with E-state index in [-0.39, 0.29) is 23.5 Å². The number of benzene rings is 2. The molecule has 6 nitrogen and oxygen atoms in total. The van der Waals surface area contributed by atoms with E-state index >= 15 is 0 Å². The molecule has 1 atom stereocenters. The molecule has 7 heteroatoms. The first kappa shape index (κ1) is 20.5. The number of aryl methyl sites for hydroxylation is 1. The SMILES string of the molecule is Cc1ccc(S(=O)(=O)N(C)Cc2ccc(C(=O)NC[C@H]3CCCO3)cc2)cc1. The van der Waals surface area contributed by atoms with Crippen LogP contribution in [-0.2, 0) is 21.3 Å². The van der Waals surface area contributed by atoms with Crippen molar-refractivity contribution in [3.05, 3.63) is 65.2 Å². The first-order valence-corrected chi connectivity index (χ1v) is 10.8. The number of rotatable bonds is 7. The largest absolute Gasteiger partial charge is 0.376 e. The van der Waals surface area contributed by atoms with Crippen LogP contribution in [-0.4, -0.2) is 44.9 Å². The highest BCUT2D eigenvalue weighted by atomic mass is 32.2. The molecule has 1 aliphatic rings. The molecule has 0 spiro atoms. The van der Waals surface area contributed by atoms with E-state index in [1.165, 1.54) is 4.31 Å². The van der Waals surface area contributed by atoms with E-state index < -0.39 is 10.0 Å². The quantitative estimate of drug-likeness (QED) is 0.773. The zero-order chi connectivity index (χ0) is 20.1. The average molecular weight is 403 g/mol. The van der Waals surface area contributed by atoms with E-state index in [4.69, 9.17) is 4.74 Å². The predicted octanol–water partition coefficient (Wildman–Crippen LogP) is 2.72. The molecule has 1 saturated heterocycles. The Morgan fingerprint density at radius 1 is 1.14 bits per heavy atom. The number of carbonyl (C=O) groups is 1. The second kappa shape index (κ2) is 8.86. The molecular weight excluding hydrogens is 376 g/mol. The van der Waals surface area contributed by atoms with Gasteiger partial charge in [0, 0.05) is 32.3 Å². The summed E-state index contributed by atoms with van der Waals surface area (Å²) in [4.78, 5) is 12.5. The molecule has 150 valence electrons. The van der Waals surface area contributed by atoms with E-state index in [0.29, 0.717) is 12.1 Å². The van der Waals surface area contributed by atoms with Gasteiger partial charge in [-0.25, -0.2) is 8.42 Å². The molecule has 1 heterocycles. The monoisotopic (exact) mass is 402 g/mol. The summed E-state index contributed by atoms with van der Waals surface area (Å²) >= 11 is 0. The van der Waals surface area contributed by atoms with E-state index in [0.717, 1.165) is 30.6 Å². The van der Waals surface area contributed by atoms with Crippen LogP contribution in [0.15, 0.2) is 53.4 Å². The Morgan fingerprint density at radius 2 is 1.82 bits per heavy atom. The summed E-state index contributed by atoms with van der Waals surface area (Å²) in [6, 6.07) is 13.8. The van der Waals surface area contributed by atoms with E-state index in [1.54, 1.807) is 55.6 Å². The molecule has 0 bridgehead atoms. The lowest BCUT2D eigenvalue weighted by Crippen LogP contribution is -2.31. The van der Waals surface area contributed by atoms with Crippen LogP contribution in [0.4, 0.5) is 0 Å². The smallest absolute Gasteiger partial charge is 0.251 e. The molecule has 0 radical (unpaired) electrons. The second-order valence-corrected chi connectivity index (χ2v) is 9.16. The van der Waals surface area contributed by atoms with Crippen LogP contribution in [0.2, 0.25) is 0 Å². The molecule has 2 aromatic rings. The Hall–Kier alpha value is -2.22. The number of hydrogen-bond donors (Lipinski definition) is 1. The third-order valence-electron chi connectivity index (χ3n) is 4.86. The Balaban J connectivity index is 1.59. The molecule has 1 fully saturated rings. The third kappa shape index (κ3) is 4.98. The summed E-state index contributed by atoms with van der Waals surface area (Å²) in [7, 11) is -2.01. The number of nitrogens with one attached hydrogen (secondary N) is 1. The van der Waals surface area contributed by atoms with Crippen LogP contribution in [0.3, 0.4) is 0 Å². The number of amides is 1. The number of hydrogen-bond acceptors (Lipinski definition) is 4. The summed E-state index contributed by atoms with van der Waals surface area (Å²) in [6.07, 6.45) is 2.11. The topological polar surface area (TPSA) is 75.7 Å². The lowest BCUT2D eigenvalue weighted by atomic mass is 10.1. The molecule has 2 aromatic carbocycles. The predicted molar refractivity (Wildman–Crippen MR) is 108 cm³/mol. The minimum Gasteiger partial charge on any atom is -0.376 e. The fraction of sp³-hybridized carbons (Fsp3) is 0.381. The Kier molecular flexibility index (Phi) is 6.49. The maximum absolute atomic E-state index is 12.7. The lowest BCUT2D eigenvalue weighted by molar-refractivity contribution is 0.0858. The van der Waals surface area contributed by atoms with Gasteiger partial charge in [0.15, 0.2) is 0 Å². The average Bonchev–Trinajstić information content (AvgIpc) is 3.20. The minimum absolute atomic E-state index is 0.101. The lowest BCUT2D eigenvalue weighted by Gasteiger charge is -2.17. The first-order chi connectivity index (χ1) is 13.4. The van der Waals surface area contributed by atoms with Gasteiger partial charge in [-0.3, -0.25) is 4.79 Å². The molecule has 0 saturated carbocycles. The molecule has 1 amide bonds. The van der Waals surface area contributed by atoms with Crippen LogP contribution < -0.4 is 5.32 Å². The fourth-order valence-corrected chi connectivity index (χ4v) is 4.27. The minimum atomic E-state index is -3.56. The summed E-state index contributed by atoms with van der Waals surface area (Å²) in [5.74, 6) is -0.150. The second-order valence-electron chi connectivity index (χ2n) is 7.12. The Morgan fingerprint density at radius 3 is 2.43 bits per heavy atom. The molecule has 0 aromatic heterocycles. The number of carbonyl (C=O) groups excluding carboxylic acids is 1. The number of sulfonamides is 1. The molecule has 28 heavy (non-hydrogen) atoms. The van der Waals surface area contributed by atoms with Gasteiger partial charge >= 0.3 is 0 Å². The maximum atomic E-state index is 12.7. The van der Waals surface area contributed by atoms with Gasteiger partial charge in [-0.2, -0.15) is 4.31 Å². The van der Waals surface area contributed by atoms with E-state index in [1.807, 2.05) is 6.92 Å². The summed E-state index contributed by atoms with van der Waals surface area (Å²) in [6.45, 7) is 3.42. The molecule has 0 aliphatic carbocycles. The van der Waals surface area contributed by atoms with Crippen molar-refractivity contribution in [2.24, 2.45) is 0 Å². The van der Waals surface area contributed by atoms with Crippen molar-refractivity contribution in [3.8, 4) is 0 Å². The molecule has 3 rings (SSSR count). The molecule has 0 unspecified atom stereocenters. The van der Waals surface area contributed by atoms with E-state index in [2.05, 4.69) is 5.32 Å². The highest BCUT2D eigenvalue weighted by Crippen LogP contribution is 2.18. The molecule has 1 N–H and O–H groups in total. The maximum Gasteiger partial charge on any atom is 0.251 e. The van der Waals surface area contributed by atoms with Crippen molar-refractivity contribution in [1.82, 2.24) is 9.62 Å². The van der Waals surface area contributed by atoms with Crippen molar-refractivity contribution in [1.29, 1.82) is 0 Å². The van der Waals surface area contributed by atoms with Gasteiger partial charge in [0.05, 0.1) is 11.0 Å². The van der Waals surface area contributed by atoms with Gasteiger partial charge in [-0.05, 0) is 49.6 Å². The Labute approximate surface area is 166 Å².